The second-order valence-electron chi connectivity index (χ2n) is 9.58. The van der Waals surface area contributed by atoms with Gasteiger partial charge in [0.15, 0.2) is 5.65 Å². The van der Waals surface area contributed by atoms with Gasteiger partial charge in [-0.3, -0.25) is 4.79 Å². The van der Waals surface area contributed by atoms with E-state index in [0.717, 1.165) is 31.6 Å². The molecule has 7 nitrogen and oxygen atoms in total. The Morgan fingerprint density at radius 3 is 2.70 bits per heavy atom. The first-order valence-electron chi connectivity index (χ1n) is 11.3. The third kappa shape index (κ3) is 3.41. The molecular formula is C25H25FN6O. The highest BCUT2D eigenvalue weighted by atomic mass is 19.1. The van der Waals surface area contributed by atoms with Crippen molar-refractivity contribution < 1.29 is 4.39 Å². The van der Waals surface area contributed by atoms with Gasteiger partial charge in [0.25, 0.3) is 5.56 Å². The van der Waals surface area contributed by atoms with Gasteiger partial charge in [0, 0.05) is 30.4 Å². The molecule has 2 aromatic heterocycles. The lowest BCUT2D eigenvalue weighted by molar-refractivity contribution is 0.435. The van der Waals surface area contributed by atoms with Crippen molar-refractivity contribution in [1.82, 2.24) is 24.6 Å². The highest BCUT2D eigenvalue weighted by Crippen LogP contribution is 2.36. The maximum absolute atomic E-state index is 13.5. The van der Waals surface area contributed by atoms with Gasteiger partial charge in [-0.05, 0) is 60.4 Å². The van der Waals surface area contributed by atoms with E-state index in [9.17, 15) is 9.18 Å². The van der Waals surface area contributed by atoms with E-state index in [-0.39, 0.29) is 22.8 Å². The van der Waals surface area contributed by atoms with Crippen LogP contribution < -0.4 is 16.2 Å². The van der Waals surface area contributed by atoms with Crippen molar-refractivity contribution in [2.45, 2.75) is 44.7 Å². The first kappa shape index (κ1) is 20.1. The number of hydrogen-bond donors (Lipinski definition) is 2. The molecule has 0 saturated heterocycles. The number of aromatic nitrogens is 4. The maximum atomic E-state index is 13.5. The number of halogens is 1. The molecule has 0 unspecified atom stereocenters. The fourth-order valence-electron chi connectivity index (χ4n) is 4.75. The molecule has 1 aliphatic carbocycles. The Balaban J connectivity index is 1.43. The first-order valence-corrected chi connectivity index (χ1v) is 11.3. The molecule has 4 aromatic rings. The molecule has 0 radical (unpaired) electrons. The summed E-state index contributed by atoms with van der Waals surface area (Å²) in [5.41, 5.74) is 4.66. The zero-order valence-corrected chi connectivity index (χ0v) is 18.6. The Morgan fingerprint density at radius 2 is 1.94 bits per heavy atom. The number of nitrogens with zero attached hydrogens (tertiary/aromatic N) is 4. The van der Waals surface area contributed by atoms with Crippen LogP contribution in [0.4, 0.5) is 16.0 Å². The van der Waals surface area contributed by atoms with E-state index in [1.54, 1.807) is 27.7 Å². The number of nitrogens with one attached hydrogen (secondary N) is 2. The monoisotopic (exact) mass is 444 g/mol. The molecule has 0 amide bonds. The minimum atomic E-state index is -0.322. The molecule has 0 atom stereocenters. The molecule has 33 heavy (non-hydrogen) atoms. The predicted molar refractivity (Wildman–Crippen MR) is 126 cm³/mol. The second-order valence-corrected chi connectivity index (χ2v) is 9.58. The Bertz CT molecular complexity index is 1430. The lowest BCUT2D eigenvalue weighted by atomic mass is 9.79. The largest absolute Gasteiger partial charge is 0.324 e. The average molecular weight is 445 g/mol. The van der Waals surface area contributed by atoms with E-state index in [4.69, 9.17) is 4.98 Å². The van der Waals surface area contributed by atoms with Gasteiger partial charge in [0.05, 0.1) is 11.7 Å². The van der Waals surface area contributed by atoms with Gasteiger partial charge in [0.1, 0.15) is 11.2 Å². The predicted octanol–water partition coefficient (Wildman–Crippen LogP) is 4.18. The molecule has 168 valence electrons. The van der Waals surface area contributed by atoms with Gasteiger partial charge in [-0.1, -0.05) is 19.9 Å². The van der Waals surface area contributed by atoms with Crippen LogP contribution in [0.15, 0.2) is 53.5 Å². The minimum Gasteiger partial charge on any atom is -0.324 e. The number of rotatable bonds is 4. The van der Waals surface area contributed by atoms with Crippen LogP contribution in [-0.4, -0.2) is 25.9 Å². The summed E-state index contributed by atoms with van der Waals surface area (Å²) in [7, 11) is 0. The van der Waals surface area contributed by atoms with E-state index in [1.165, 1.54) is 23.3 Å². The van der Waals surface area contributed by atoms with Gasteiger partial charge < -0.3 is 10.6 Å². The SMILES string of the molecule is CC1(C)CNCc2cc(Nc3ncc4c(=O)n(C5CC5)n(-c5ccc(F)cc5)c4n3)ccc21. The van der Waals surface area contributed by atoms with Crippen molar-refractivity contribution in [3.8, 4) is 5.69 Å². The normalized spacial score (nSPS) is 17.2. The van der Waals surface area contributed by atoms with E-state index in [2.05, 4.69) is 41.6 Å². The summed E-state index contributed by atoms with van der Waals surface area (Å²) in [5, 5.41) is 7.23. The summed E-state index contributed by atoms with van der Waals surface area (Å²) >= 11 is 0. The van der Waals surface area contributed by atoms with Crippen molar-refractivity contribution >= 4 is 22.7 Å². The van der Waals surface area contributed by atoms with E-state index in [1.807, 2.05) is 6.07 Å². The van der Waals surface area contributed by atoms with Crippen molar-refractivity contribution in [3.05, 3.63) is 76.0 Å². The van der Waals surface area contributed by atoms with Crippen molar-refractivity contribution in [2.75, 3.05) is 11.9 Å². The van der Waals surface area contributed by atoms with Crippen molar-refractivity contribution in [3.63, 3.8) is 0 Å². The van der Waals surface area contributed by atoms with E-state index < -0.39 is 0 Å². The van der Waals surface area contributed by atoms with Crippen LogP contribution in [0.3, 0.4) is 0 Å². The maximum Gasteiger partial charge on any atom is 0.278 e. The molecule has 0 spiro atoms. The Kier molecular flexibility index (Phi) is 4.42. The highest BCUT2D eigenvalue weighted by molar-refractivity contribution is 5.77. The van der Waals surface area contributed by atoms with Crippen LogP contribution in [0.5, 0.6) is 0 Å². The molecule has 6 rings (SSSR count). The smallest absolute Gasteiger partial charge is 0.278 e. The Labute approximate surface area is 190 Å². The molecule has 2 aliphatic rings. The van der Waals surface area contributed by atoms with Crippen LogP contribution in [0.25, 0.3) is 16.7 Å². The summed E-state index contributed by atoms with van der Waals surface area (Å²) in [6, 6.07) is 12.6. The van der Waals surface area contributed by atoms with Crippen LogP contribution >= 0.6 is 0 Å². The fraction of sp³-hybridized carbons (Fsp3) is 0.320. The third-order valence-corrected chi connectivity index (χ3v) is 6.56. The lowest BCUT2D eigenvalue weighted by Gasteiger charge is -2.33. The standard InChI is InChI=1S/C25H25FN6O/c1-25(2)14-27-12-15-11-17(5-10-21(15)25)29-24-28-13-20-22(30-24)31(18-6-3-16(26)4-7-18)32(23(20)33)19-8-9-19/h3-7,10-11,13,19,27H,8-9,12,14H2,1-2H3,(H,28,29,30). The van der Waals surface area contributed by atoms with Crippen molar-refractivity contribution in [1.29, 1.82) is 0 Å². The van der Waals surface area contributed by atoms with Gasteiger partial charge in [-0.15, -0.1) is 0 Å². The van der Waals surface area contributed by atoms with E-state index in [0.29, 0.717) is 22.7 Å². The summed E-state index contributed by atoms with van der Waals surface area (Å²) in [4.78, 5) is 22.3. The van der Waals surface area contributed by atoms with Gasteiger partial charge >= 0.3 is 0 Å². The quantitative estimate of drug-likeness (QED) is 0.494. The van der Waals surface area contributed by atoms with Gasteiger partial charge in [-0.25, -0.2) is 18.7 Å². The molecule has 0 bridgehead atoms. The highest BCUT2D eigenvalue weighted by Gasteiger charge is 2.31. The molecule has 8 heteroatoms. The van der Waals surface area contributed by atoms with Crippen molar-refractivity contribution in [2.24, 2.45) is 0 Å². The minimum absolute atomic E-state index is 0.0818. The molecule has 1 fully saturated rings. The summed E-state index contributed by atoms with van der Waals surface area (Å²) in [6.45, 7) is 6.25. The molecule has 1 saturated carbocycles. The van der Waals surface area contributed by atoms with Gasteiger partial charge in [0.2, 0.25) is 5.95 Å². The third-order valence-electron chi connectivity index (χ3n) is 6.56. The van der Waals surface area contributed by atoms with Crippen LogP contribution in [0, 0.1) is 5.82 Å². The summed E-state index contributed by atoms with van der Waals surface area (Å²) in [5.74, 6) is 0.0897. The number of benzene rings is 2. The zero-order valence-electron chi connectivity index (χ0n) is 18.6. The fourth-order valence-corrected chi connectivity index (χ4v) is 4.75. The second kappa shape index (κ2) is 7.25. The molecule has 3 heterocycles. The molecule has 1 aliphatic heterocycles. The lowest BCUT2D eigenvalue weighted by Crippen LogP contribution is -2.38. The Hall–Kier alpha value is -3.52. The Morgan fingerprint density at radius 1 is 1.15 bits per heavy atom. The molecule has 2 aromatic carbocycles. The number of hydrogen-bond acceptors (Lipinski definition) is 5. The number of fused-ring (bicyclic) bond motifs is 2. The molecular weight excluding hydrogens is 419 g/mol. The average Bonchev–Trinajstić information content (AvgIpc) is 3.58. The van der Waals surface area contributed by atoms with Crippen LogP contribution in [0.1, 0.15) is 43.9 Å². The van der Waals surface area contributed by atoms with Crippen LogP contribution in [0.2, 0.25) is 0 Å². The molecule has 2 N–H and O–H groups in total. The summed E-state index contributed by atoms with van der Waals surface area (Å²) < 4.78 is 17.1. The zero-order chi connectivity index (χ0) is 22.7. The summed E-state index contributed by atoms with van der Waals surface area (Å²) in [6.07, 6.45) is 3.46. The van der Waals surface area contributed by atoms with Crippen LogP contribution in [-0.2, 0) is 12.0 Å². The van der Waals surface area contributed by atoms with Gasteiger partial charge in [-0.2, -0.15) is 4.98 Å². The van der Waals surface area contributed by atoms with E-state index >= 15 is 0 Å². The number of anilines is 2. The topological polar surface area (TPSA) is 76.8 Å². The first-order chi connectivity index (χ1) is 15.9.